The summed E-state index contributed by atoms with van der Waals surface area (Å²) < 4.78 is 42.9. The molecule has 0 aromatic rings. The van der Waals surface area contributed by atoms with Crippen molar-refractivity contribution in [2.24, 2.45) is 5.41 Å². The van der Waals surface area contributed by atoms with E-state index in [0.29, 0.717) is 0 Å². The van der Waals surface area contributed by atoms with Crippen LogP contribution >= 0.6 is 0 Å². The monoisotopic (exact) mass is 224 g/mol. The van der Waals surface area contributed by atoms with Gasteiger partial charge in [-0.15, -0.1) is 0 Å². The van der Waals surface area contributed by atoms with Crippen LogP contribution in [0, 0.1) is 5.41 Å². The van der Waals surface area contributed by atoms with Crippen LogP contribution in [0.3, 0.4) is 0 Å². The van der Waals surface area contributed by atoms with Gasteiger partial charge in [-0.05, 0) is 32.6 Å². The molecule has 0 heterocycles. The maximum Gasteiger partial charge on any atom is 0.394 e. The average molecular weight is 224 g/mol. The Bertz CT molecular complexity index is 196. The number of rotatable bonds is 6. The zero-order valence-electron chi connectivity index (χ0n) is 9.36. The predicted molar refractivity (Wildman–Crippen MR) is 52.7 cm³/mol. The van der Waals surface area contributed by atoms with Gasteiger partial charge in [0.1, 0.15) is 0 Å². The van der Waals surface area contributed by atoms with Crippen molar-refractivity contribution in [2.75, 3.05) is 6.61 Å². The Kier molecular flexibility index (Phi) is 4.04. The number of hydrogen-bond acceptors (Lipinski definition) is 1. The Morgan fingerprint density at radius 2 is 1.93 bits per heavy atom. The van der Waals surface area contributed by atoms with Gasteiger partial charge in [0.15, 0.2) is 0 Å². The molecule has 4 heteroatoms. The van der Waals surface area contributed by atoms with Crippen molar-refractivity contribution < 1.29 is 17.9 Å². The lowest BCUT2D eigenvalue weighted by atomic mass is 10.0. The molecule has 0 aliphatic heterocycles. The summed E-state index contributed by atoms with van der Waals surface area (Å²) in [5.41, 5.74) is -1.40. The summed E-state index contributed by atoms with van der Waals surface area (Å²) in [5.74, 6) is 0. The van der Waals surface area contributed by atoms with Gasteiger partial charge in [0.05, 0.1) is 11.5 Å². The van der Waals surface area contributed by atoms with Crippen LogP contribution in [0.15, 0.2) is 0 Å². The molecule has 1 atom stereocenters. The molecule has 1 saturated carbocycles. The summed E-state index contributed by atoms with van der Waals surface area (Å²) in [4.78, 5) is 0. The number of ether oxygens (including phenoxy) is 1. The largest absolute Gasteiger partial charge is 0.394 e. The molecule has 1 aliphatic rings. The Balaban J connectivity index is 2.21. The molecule has 1 rings (SSSR count). The highest BCUT2D eigenvalue weighted by Crippen LogP contribution is 2.59. The van der Waals surface area contributed by atoms with Crippen LogP contribution in [-0.2, 0) is 4.74 Å². The van der Waals surface area contributed by atoms with Crippen LogP contribution in [0.2, 0.25) is 0 Å². The molecule has 0 N–H and O–H groups in total. The fourth-order valence-electron chi connectivity index (χ4n) is 1.77. The van der Waals surface area contributed by atoms with Crippen molar-refractivity contribution in [2.45, 2.75) is 58.2 Å². The van der Waals surface area contributed by atoms with E-state index in [-0.39, 0.29) is 32.0 Å². The Morgan fingerprint density at radius 3 is 2.33 bits per heavy atom. The first-order valence-corrected chi connectivity index (χ1v) is 5.59. The third-order valence-electron chi connectivity index (χ3n) is 3.13. The van der Waals surface area contributed by atoms with Gasteiger partial charge in [0, 0.05) is 6.61 Å². The average Bonchev–Trinajstić information content (AvgIpc) is 2.84. The van der Waals surface area contributed by atoms with E-state index >= 15 is 0 Å². The molecule has 0 amide bonds. The smallest absolute Gasteiger partial charge is 0.378 e. The normalized spacial score (nSPS) is 21.4. The van der Waals surface area contributed by atoms with Crippen molar-refractivity contribution in [3.8, 4) is 0 Å². The Labute approximate surface area is 89.0 Å². The quantitative estimate of drug-likeness (QED) is 0.664. The molecule has 0 aromatic carbocycles. The van der Waals surface area contributed by atoms with E-state index in [1.54, 1.807) is 0 Å². The second-order valence-corrected chi connectivity index (χ2v) is 4.50. The second-order valence-electron chi connectivity index (χ2n) is 4.50. The topological polar surface area (TPSA) is 9.23 Å². The minimum absolute atomic E-state index is 0.0824. The lowest BCUT2D eigenvalue weighted by molar-refractivity contribution is -0.192. The fourth-order valence-corrected chi connectivity index (χ4v) is 1.77. The van der Waals surface area contributed by atoms with Crippen molar-refractivity contribution in [3.63, 3.8) is 0 Å². The highest BCUT2D eigenvalue weighted by atomic mass is 19.4. The Hall–Kier alpha value is -0.250. The van der Waals surface area contributed by atoms with Crippen LogP contribution in [0.1, 0.15) is 46.0 Å². The summed E-state index contributed by atoms with van der Waals surface area (Å²) >= 11 is 0. The molecule has 1 aliphatic carbocycles. The molecule has 0 bridgehead atoms. The lowest BCUT2D eigenvalue weighted by Gasteiger charge is -2.20. The summed E-state index contributed by atoms with van der Waals surface area (Å²) in [7, 11) is 0. The minimum atomic E-state index is -4.04. The van der Waals surface area contributed by atoms with Crippen molar-refractivity contribution in [1.82, 2.24) is 0 Å². The Morgan fingerprint density at radius 1 is 1.33 bits per heavy atom. The highest BCUT2D eigenvalue weighted by molar-refractivity contribution is 4.98. The molecule has 1 nitrogen and oxygen atoms in total. The highest BCUT2D eigenvalue weighted by Gasteiger charge is 2.62. The first-order valence-electron chi connectivity index (χ1n) is 5.59. The summed E-state index contributed by atoms with van der Waals surface area (Å²) in [6.07, 6.45) is -1.34. The van der Waals surface area contributed by atoms with Crippen LogP contribution in [0.25, 0.3) is 0 Å². The first-order chi connectivity index (χ1) is 6.91. The minimum Gasteiger partial charge on any atom is -0.378 e. The first kappa shape index (κ1) is 12.8. The maximum atomic E-state index is 12.5. The van der Waals surface area contributed by atoms with Crippen molar-refractivity contribution >= 4 is 0 Å². The molecular weight excluding hydrogens is 205 g/mol. The van der Waals surface area contributed by atoms with Crippen molar-refractivity contribution in [1.29, 1.82) is 0 Å². The maximum absolute atomic E-state index is 12.5. The number of halogens is 3. The molecule has 1 fully saturated rings. The van der Waals surface area contributed by atoms with Gasteiger partial charge in [-0.2, -0.15) is 13.2 Å². The molecule has 0 aromatic heterocycles. The predicted octanol–water partition coefficient (Wildman–Crippen LogP) is 3.92. The molecule has 0 spiro atoms. The third kappa shape index (κ3) is 3.37. The van der Waals surface area contributed by atoms with Gasteiger partial charge in [-0.3, -0.25) is 0 Å². The van der Waals surface area contributed by atoms with Gasteiger partial charge in [-0.1, -0.05) is 13.3 Å². The van der Waals surface area contributed by atoms with E-state index in [4.69, 9.17) is 4.74 Å². The number of hydrogen-bond donors (Lipinski definition) is 0. The van der Waals surface area contributed by atoms with Crippen LogP contribution in [0.5, 0.6) is 0 Å². The van der Waals surface area contributed by atoms with E-state index in [2.05, 4.69) is 0 Å². The number of alkyl halides is 3. The van der Waals surface area contributed by atoms with E-state index in [9.17, 15) is 13.2 Å². The van der Waals surface area contributed by atoms with Gasteiger partial charge in [-0.25, -0.2) is 0 Å². The van der Waals surface area contributed by atoms with Gasteiger partial charge < -0.3 is 4.74 Å². The fraction of sp³-hybridized carbons (Fsp3) is 1.00. The van der Waals surface area contributed by atoms with Crippen LogP contribution in [0.4, 0.5) is 13.2 Å². The van der Waals surface area contributed by atoms with Crippen LogP contribution in [-0.4, -0.2) is 18.9 Å². The van der Waals surface area contributed by atoms with Crippen molar-refractivity contribution in [3.05, 3.63) is 0 Å². The second kappa shape index (κ2) is 4.73. The van der Waals surface area contributed by atoms with E-state index in [0.717, 1.165) is 12.8 Å². The molecule has 0 saturated heterocycles. The van der Waals surface area contributed by atoms with E-state index < -0.39 is 11.6 Å². The van der Waals surface area contributed by atoms with Crippen LogP contribution < -0.4 is 0 Å². The standard InChI is InChI=1S/C11H19F3O/c1-3-4-9(2)15-8-7-10(5-6-10)11(12,13)14/h9H,3-8H2,1-2H3. The molecule has 90 valence electrons. The molecular formula is C11H19F3O. The molecule has 15 heavy (non-hydrogen) atoms. The SMILES string of the molecule is CCCC(C)OCCC1(C(F)(F)F)CC1. The summed E-state index contributed by atoms with van der Waals surface area (Å²) in [6.45, 7) is 4.19. The molecule has 1 unspecified atom stereocenters. The van der Waals surface area contributed by atoms with Gasteiger partial charge >= 0.3 is 6.18 Å². The van der Waals surface area contributed by atoms with Gasteiger partial charge in [0.2, 0.25) is 0 Å². The van der Waals surface area contributed by atoms with E-state index in [1.807, 2.05) is 13.8 Å². The zero-order valence-corrected chi connectivity index (χ0v) is 9.36. The third-order valence-corrected chi connectivity index (χ3v) is 3.13. The summed E-state index contributed by atoms with van der Waals surface area (Å²) in [6, 6.07) is 0. The van der Waals surface area contributed by atoms with E-state index in [1.165, 1.54) is 0 Å². The van der Waals surface area contributed by atoms with Gasteiger partial charge in [0.25, 0.3) is 0 Å². The molecule has 0 radical (unpaired) electrons. The lowest BCUT2D eigenvalue weighted by Crippen LogP contribution is -2.26. The summed E-state index contributed by atoms with van der Waals surface area (Å²) in [5, 5.41) is 0. The zero-order chi connectivity index (χ0) is 11.5.